The lowest BCUT2D eigenvalue weighted by molar-refractivity contribution is 0.315. The fourth-order valence-electron chi connectivity index (χ4n) is 3.28. The van der Waals surface area contributed by atoms with E-state index in [4.69, 9.17) is 9.47 Å². The Hall–Kier alpha value is -2.34. The summed E-state index contributed by atoms with van der Waals surface area (Å²) >= 11 is 0. The molecule has 2 heterocycles. The number of aromatic nitrogens is 2. The zero-order valence-electron chi connectivity index (χ0n) is 14.3. The standard InChI is InChI=1S/C18H23N3O3/c1-12-19-16(9-18(22)20-12)13-6-7-21(10-13)11-14-8-15(23-2)4-5-17(14)24-3/h4-5,8-9,13H,6-7,10-11H2,1-3H3,(H,19,20,22). The molecule has 0 radical (unpaired) electrons. The van der Waals surface area contributed by atoms with Gasteiger partial charge in [0.2, 0.25) is 0 Å². The molecule has 2 aromatic rings. The maximum atomic E-state index is 11.7. The van der Waals surface area contributed by atoms with Crippen molar-refractivity contribution in [3.05, 3.63) is 51.7 Å². The fourth-order valence-corrected chi connectivity index (χ4v) is 3.28. The van der Waals surface area contributed by atoms with Crippen LogP contribution < -0.4 is 15.0 Å². The van der Waals surface area contributed by atoms with Crippen molar-refractivity contribution in [1.29, 1.82) is 0 Å². The SMILES string of the molecule is COc1ccc(OC)c(CN2CCC(c3cc(=O)[nH]c(C)n3)C2)c1. The van der Waals surface area contributed by atoms with Crippen molar-refractivity contribution in [3.8, 4) is 11.5 Å². The van der Waals surface area contributed by atoms with Gasteiger partial charge in [-0.1, -0.05) is 0 Å². The molecular formula is C18H23N3O3. The normalized spacial score (nSPS) is 17.9. The van der Waals surface area contributed by atoms with Gasteiger partial charge in [0.15, 0.2) is 0 Å². The third-order valence-electron chi connectivity index (χ3n) is 4.45. The Morgan fingerprint density at radius 3 is 2.83 bits per heavy atom. The second-order valence-corrected chi connectivity index (χ2v) is 6.15. The Kier molecular flexibility index (Phi) is 4.85. The van der Waals surface area contributed by atoms with Crippen LogP contribution in [-0.2, 0) is 6.54 Å². The highest BCUT2D eigenvalue weighted by atomic mass is 16.5. The van der Waals surface area contributed by atoms with Gasteiger partial charge < -0.3 is 14.5 Å². The van der Waals surface area contributed by atoms with Crippen molar-refractivity contribution in [2.24, 2.45) is 0 Å². The van der Waals surface area contributed by atoms with E-state index in [0.717, 1.165) is 48.8 Å². The molecule has 1 fully saturated rings. The van der Waals surface area contributed by atoms with Gasteiger partial charge in [-0.15, -0.1) is 0 Å². The molecule has 0 bridgehead atoms. The largest absolute Gasteiger partial charge is 0.497 e. The summed E-state index contributed by atoms with van der Waals surface area (Å²) in [4.78, 5) is 21.2. The van der Waals surface area contributed by atoms with Crippen molar-refractivity contribution in [3.63, 3.8) is 0 Å². The average Bonchev–Trinajstić information content (AvgIpc) is 3.02. The number of H-pyrrole nitrogens is 1. The third kappa shape index (κ3) is 3.59. The summed E-state index contributed by atoms with van der Waals surface area (Å²) in [5.74, 6) is 2.66. The summed E-state index contributed by atoms with van der Waals surface area (Å²) in [6.45, 7) is 4.46. The summed E-state index contributed by atoms with van der Waals surface area (Å²) < 4.78 is 10.8. The van der Waals surface area contributed by atoms with Crippen LogP contribution >= 0.6 is 0 Å². The summed E-state index contributed by atoms with van der Waals surface area (Å²) in [5, 5.41) is 0. The quantitative estimate of drug-likeness (QED) is 0.910. The predicted molar refractivity (Wildman–Crippen MR) is 91.8 cm³/mol. The Labute approximate surface area is 141 Å². The van der Waals surface area contributed by atoms with Crippen LogP contribution in [0.15, 0.2) is 29.1 Å². The molecule has 0 saturated carbocycles. The van der Waals surface area contributed by atoms with Crippen LogP contribution in [0.5, 0.6) is 11.5 Å². The first-order chi connectivity index (χ1) is 11.6. The lowest BCUT2D eigenvalue weighted by atomic mass is 10.0. The van der Waals surface area contributed by atoms with E-state index in [9.17, 15) is 4.79 Å². The van der Waals surface area contributed by atoms with E-state index in [1.54, 1.807) is 20.3 Å². The lowest BCUT2D eigenvalue weighted by Gasteiger charge is -2.18. The van der Waals surface area contributed by atoms with E-state index in [1.165, 1.54) is 0 Å². The van der Waals surface area contributed by atoms with E-state index < -0.39 is 0 Å². The number of methoxy groups -OCH3 is 2. The van der Waals surface area contributed by atoms with E-state index in [2.05, 4.69) is 14.9 Å². The number of benzene rings is 1. The number of aryl methyl sites for hydroxylation is 1. The topological polar surface area (TPSA) is 67.5 Å². The first-order valence-electron chi connectivity index (χ1n) is 8.10. The molecule has 0 amide bonds. The molecule has 1 N–H and O–H groups in total. The Balaban J connectivity index is 1.73. The second kappa shape index (κ2) is 7.05. The number of nitrogens with one attached hydrogen (secondary N) is 1. The molecule has 1 unspecified atom stereocenters. The van der Waals surface area contributed by atoms with Gasteiger partial charge in [-0.2, -0.15) is 0 Å². The first-order valence-corrected chi connectivity index (χ1v) is 8.10. The number of ether oxygens (including phenoxy) is 2. The molecule has 1 aliphatic heterocycles. The van der Waals surface area contributed by atoms with Crippen molar-refractivity contribution in [2.75, 3.05) is 27.3 Å². The van der Waals surface area contributed by atoms with Gasteiger partial charge in [0.1, 0.15) is 17.3 Å². The minimum atomic E-state index is -0.0783. The summed E-state index contributed by atoms with van der Waals surface area (Å²) in [6.07, 6.45) is 1.00. The lowest BCUT2D eigenvalue weighted by Crippen LogP contribution is -2.21. The highest BCUT2D eigenvalue weighted by molar-refractivity contribution is 5.40. The van der Waals surface area contributed by atoms with Gasteiger partial charge in [0.25, 0.3) is 5.56 Å². The maximum absolute atomic E-state index is 11.7. The van der Waals surface area contributed by atoms with Gasteiger partial charge in [0.05, 0.1) is 19.9 Å². The van der Waals surface area contributed by atoms with Gasteiger partial charge >= 0.3 is 0 Å². The van der Waals surface area contributed by atoms with Gasteiger partial charge in [-0.3, -0.25) is 9.69 Å². The van der Waals surface area contributed by atoms with Crippen LogP contribution in [0.2, 0.25) is 0 Å². The monoisotopic (exact) mass is 329 g/mol. The first kappa shape index (κ1) is 16.5. The minimum Gasteiger partial charge on any atom is -0.497 e. The van der Waals surface area contributed by atoms with Crippen LogP contribution in [0.25, 0.3) is 0 Å². The van der Waals surface area contributed by atoms with Crippen molar-refractivity contribution < 1.29 is 9.47 Å². The predicted octanol–water partition coefficient (Wildman–Crippen LogP) is 2.09. The molecule has 1 saturated heterocycles. The van der Waals surface area contributed by atoms with E-state index in [-0.39, 0.29) is 5.56 Å². The van der Waals surface area contributed by atoms with Crippen LogP contribution in [0.4, 0.5) is 0 Å². The highest BCUT2D eigenvalue weighted by Crippen LogP contribution is 2.30. The van der Waals surface area contributed by atoms with Gasteiger partial charge in [-0.05, 0) is 38.1 Å². The molecule has 0 aliphatic carbocycles. The highest BCUT2D eigenvalue weighted by Gasteiger charge is 2.26. The molecule has 24 heavy (non-hydrogen) atoms. The van der Waals surface area contributed by atoms with Crippen molar-refractivity contribution in [1.82, 2.24) is 14.9 Å². The molecule has 1 aliphatic rings. The smallest absolute Gasteiger partial charge is 0.251 e. The van der Waals surface area contributed by atoms with Crippen LogP contribution in [0.1, 0.15) is 29.4 Å². The summed E-state index contributed by atoms with van der Waals surface area (Å²) in [6, 6.07) is 7.47. The molecular weight excluding hydrogens is 306 g/mol. The Morgan fingerprint density at radius 2 is 2.12 bits per heavy atom. The number of likely N-dealkylation sites (tertiary alicyclic amines) is 1. The third-order valence-corrected chi connectivity index (χ3v) is 4.45. The molecule has 3 rings (SSSR count). The van der Waals surface area contributed by atoms with Crippen LogP contribution in [0.3, 0.4) is 0 Å². The summed E-state index contributed by atoms with van der Waals surface area (Å²) in [5.41, 5.74) is 1.91. The molecule has 6 heteroatoms. The number of nitrogens with zero attached hydrogens (tertiary/aromatic N) is 2. The Bertz CT molecular complexity index is 772. The fraction of sp³-hybridized carbons (Fsp3) is 0.444. The number of hydrogen-bond acceptors (Lipinski definition) is 5. The van der Waals surface area contributed by atoms with E-state index in [1.807, 2.05) is 25.1 Å². The second-order valence-electron chi connectivity index (χ2n) is 6.15. The minimum absolute atomic E-state index is 0.0783. The van der Waals surface area contributed by atoms with E-state index in [0.29, 0.717) is 11.7 Å². The van der Waals surface area contributed by atoms with Crippen LogP contribution in [-0.4, -0.2) is 42.2 Å². The van der Waals surface area contributed by atoms with Crippen LogP contribution in [0, 0.1) is 6.92 Å². The average molecular weight is 329 g/mol. The zero-order chi connectivity index (χ0) is 17.1. The van der Waals surface area contributed by atoms with E-state index >= 15 is 0 Å². The molecule has 128 valence electrons. The number of rotatable bonds is 5. The molecule has 1 aromatic carbocycles. The maximum Gasteiger partial charge on any atom is 0.251 e. The molecule has 0 spiro atoms. The van der Waals surface area contributed by atoms with Gasteiger partial charge in [-0.25, -0.2) is 4.98 Å². The van der Waals surface area contributed by atoms with Crippen molar-refractivity contribution in [2.45, 2.75) is 25.8 Å². The molecule has 1 aromatic heterocycles. The number of hydrogen-bond donors (Lipinski definition) is 1. The molecule has 1 atom stereocenters. The zero-order valence-corrected chi connectivity index (χ0v) is 14.3. The summed E-state index contributed by atoms with van der Waals surface area (Å²) in [7, 11) is 3.35. The Morgan fingerprint density at radius 1 is 1.29 bits per heavy atom. The molecule has 6 nitrogen and oxygen atoms in total. The number of aromatic amines is 1. The van der Waals surface area contributed by atoms with Crippen molar-refractivity contribution >= 4 is 0 Å². The van der Waals surface area contributed by atoms with Gasteiger partial charge in [0, 0.05) is 30.6 Å².